The van der Waals surface area contributed by atoms with E-state index in [1.54, 1.807) is 18.2 Å². The maximum absolute atomic E-state index is 11.7. The van der Waals surface area contributed by atoms with Crippen molar-refractivity contribution in [2.75, 3.05) is 50.6 Å². The Hall–Kier alpha value is -2.09. The van der Waals surface area contributed by atoms with Crippen LogP contribution in [0.3, 0.4) is 0 Å². The monoisotopic (exact) mass is 323 g/mol. The molecule has 0 bridgehead atoms. The number of ether oxygens (including phenoxy) is 2. The first-order chi connectivity index (χ1) is 11.2. The maximum atomic E-state index is 11.7. The lowest BCUT2D eigenvalue weighted by atomic mass is 10.1. The van der Waals surface area contributed by atoms with Gasteiger partial charge in [-0.05, 0) is 25.8 Å². The third-order valence-corrected chi connectivity index (χ3v) is 3.62. The molecule has 2 N–H and O–H groups in total. The Balaban J connectivity index is 1.79. The highest BCUT2D eigenvalue weighted by molar-refractivity contribution is 5.67. The first-order valence-electron chi connectivity index (χ1n) is 7.97. The van der Waals surface area contributed by atoms with Crippen LogP contribution in [0, 0.1) is 0 Å². The molecule has 0 atom stereocenters. The van der Waals surface area contributed by atoms with Gasteiger partial charge >= 0.3 is 6.09 Å². The lowest BCUT2D eigenvalue weighted by Crippen LogP contribution is -2.42. The number of nitrogens with one attached hydrogen (secondary N) is 2. The molecule has 0 radical (unpaired) electrons. The molecular formula is C15H25N5O3. The molecule has 1 amide bonds. The van der Waals surface area contributed by atoms with Crippen LogP contribution in [0.4, 0.5) is 16.6 Å². The van der Waals surface area contributed by atoms with Crippen molar-refractivity contribution in [2.45, 2.75) is 25.8 Å². The third kappa shape index (κ3) is 5.55. The molecule has 1 fully saturated rings. The van der Waals surface area contributed by atoms with Gasteiger partial charge in [-0.2, -0.15) is 4.98 Å². The minimum Gasteiger partial charge on any atom is -0.450 e. The lowest BCUT2D eigenvalue weighted by molar-refractivity contribution is 0.0983. The summed E-state index contributed by atoms with van der Waals surface area (Å²) in [5.41, 5.74) is 0. The van der Waals surface area contributed by atoms with Gasteiger partial charge in [0.05, 0.1) is 13.2 Å². The zero-order chi connectivity index (χ0) is 16.5. The molecule has 0 saturated carbocycles. The maximum Gasteiger partial charge on any atom is 0.409 e. The van der Waals surface area contributed by atoms with Gasteiger partial charge in [-0.1, -0.05) is 0 Å². The molecule has 1 aromatic rings. The second-order valence-corrected chi connectivity index (χ2v) is 5.29. The average Bonchev–Trinajstić information content (AvgIpc) is 2.56. The number of carbonyl (C=O) groups is 1. The van der Waals surface area contributed by atoms with Crippen LogP contribution in [0.5, 0.6) is 0 Å². The molecule has 128 valence electrons. The van der Waals surface area contributed by atoms with Crippen molar-refractivity contribution in [3.63, 3.8) is 0 Å². The Kier molecular flexibility index (Phi) is 6.86. The predicted octanol–water partition coefficient (Wildman–Crippen LogP) is 1.57. The van der Waals surface area contributed by atoms with Gasteiger partial charge in [0.2, 0.25) is 5.95 Å². The van der Waals surface area contributed by atoms with E-state index in [0.29, 0.717) is 44.8 Å². The molecule has 0 spiro atoms. The number of likely N-dealkylation sites (tertiary alicyclic amines) is 1. The fourth-order valence-electron chi connectivity index (χ4n) is 2.42. The van der Waals surface area contributed by atoms with Crippen molar-refractivity contribution < 1.29 is 14.3 Å². The first kappa shape index (κ1) is 17.3. The Morgan fingerprint density at radius 2 is 2.22 bits per heavy atom. The normalized spacial score (nSPS) is 15.3. The van der Waals surface area contributed by atoms with Crippen molar-refractivity contribution in [2.24, 2.45) is 0 Å². The second-order valence-electron chi connectivity index (χ2n) is 5.29. The molecule has 0 unspecified atom stereocenters. The molecule has 2 rings (SSSR count). The molecule has 1 aliphatic rings. The minimum atomic E-state index is -0.224. The van der Waals surface area contributed by atoms with E-state index in [4.69, 9.17) is 9.47 Å². The van der Waals surface area contributed by atoms with E-state index in [0.717, 1.165) is 18.7 Å². The molecule has 23 heavy (non-hydrogen) atoms. The summed E-state index contributed by atoms with van der Waals surface area (Å²) in [5, 5.41) is 6.50. The number of aromatic nitrogens is 2. The van der Waals surface area contributed by atoms with E-state index in [-0.39, 0.29) is 6.09 Å². The Bertz CT molecular complexity index is 492. The molecule has 8 heteroatoms. The van der Waals surface area contributed by atoms with Gasteiger partial charge < -0.3 is 25.0 Å². The molecule has 1 saturated heterocycles. The molecule has 1 aliphatic heterocycles. The number of methoxy groups -OCH3 is 1. The lowest BCUT2D eigenvalue weighted by Gasteiger charge is -2.31. The number of piperidine rings is 1. The van der Waals surface area contributed by atoms with Gasteiger partial charge in [-0.3, -0.25) is 0 Å². The predicted molar refractivity (Wildman–Crippen MR) is 87.6 cm³/mol. The van der Waals surface area contributed by atoms with Crippen LogP contribution in [0.1, 0.15) is 19.8 Å². The molecule has 0 aliphatic carbocycles. The largest absolute Gasteiger partial charge is 0.450 e. The number of anilines is 2. The highest BCUT2D eigenvalue weighted by Gasteiger charge is 2.23. The van der Waals surface area contributed by atoms with E-state index in [9.17, 15) is 4.79 Å². The molecule has 0 aromatic carbocycles. The van der Waals surface area contributed by atoms with E-state index < -0.39 is 0 Å². The molecule has 2 heterocycles. The molecule has 1 aromatic heterocycles. The zero-order valence-corrected chi connectivity index (χ0v) is 13.7. The Labute approximate surface area is 136 Å². The number of rotatable bonds is 7. The average molecular weight is 323 g/mol. The SMILES string of the molecule is CCOC(=O)N1CCC(Nc2ccnc(NCCOC)n2)CC1. The van der Waals surface area contributed by atoms with Gasteiger partial charge in [-0.15, -0.1) is 0 Å². The van der Waals surface area contributed by atoms with E-state index in [2.05, 4.69) is 20.6 Å². The fraction of sp³-hybridized carbons (Fsp3) is 0.667. The standard InChI is InChI=1S/C15H25N5O3/c1-3-23-15(21)20-9-5-12(6-10-20)18-13-4-7-16-14(19-13)17-8-11-22-2/h4,7,12H,3,5-6,8-11H2,1-2H3,(H2,16,17,18,19). The summed E-state index contributed by atoms with van der Waals surface area (Å²) in [5.74, 6) is 1.37. The van der Waals surface area contributed by atoms with Gasteiger partial charge in [0, 0.05) is 39.0 Å². The fourth-order valence-corrected chi connectivity index (χ4v) is 2.42. The van der Waals surface area contributed by atoms with Gasteiger partial charge in [0.25, 0.3) is 0 Å². The summed E-state index contributed by atoms with van der Waals surface area (Å²) < 4.78 is 10.0. The van der Waals surface area contributed by atoms with Crippen molar-refractivity contribution >= 4 is 17.9 Å². The number of nitrogens with zero attached hydrogens (tertiary/aromatic N) is 3. The number of carbonyl (C=O) groups excluding carboxylic acids is 1. The van der Waals surface area contributed by atoms with Crippen LogP contribution >= 0.6 is 0 Å². The molecule has 8 nitrogen and oxygen atoms in total. The van der Waals surface area contributed by atoms with Crippen molar-refractivity contribution in [1.82, 2.24) is 14.9 Å². The van der Waals surface area contributed by atoms with Crippen LogP contribution < -0.4 is 10.6 Å². The van der Waals surface area contributed by atoms with Crippen LogP contribution in [-0.4, -0.2) is 67.0 Å². The highest BCUT2D eigenvalue weighted by Crippen LogP contribution is 2.16. The summed E-state index contributed by atoms with van der Waals surface area (Å²) in [6.45, 7) is 4.89. The zero-order valence-electron chi connectivity index (χ0n) is 13.7. The summed E-state index contributed by atoms with van der Waals surface area (Å²) in [6.07, 6.45) is 3.24. The Morgan fingerprint density at radius 3 is 2.91 bits per heavy atom. The van der Waals surface area contributed by atoms with Crippen LogP contribution in [0.15, 0.2) is 12.3 Å². The van der Waals surface area contributed by atoms with Crippen LogP contribution in [-0.2, 0) is 9.47 Å². The van der Waals surface area contributed by atoms with Crippen LogP contribution in [0.2, 0.25) is 0 Å². The third-order valence-electron chi connectivity index (χ3n) is 3.62. The summed E-state index contributed by atoms with van der Waals surface area (Å²) in [7, 11) is 1.66. The van der Waals surface area contributed by atoms with Crippen molar-refractivity contribution in [3.05, 3.63) is 12.3 Å². The number of hydrogen-bond acceptors (Lipinski definition) is 7. The minimum absolute atomic E-state index is 0.224. The van der Waals surface area contributed by atoms with Crippen molar-refractivity contribution in [1.29, 1.82) is 0 Å². The summed E-state index contributed by atoms with van der Waals surface area (Å²) in [6, 6.07) is 2.14. The highest BCUT2D eigenvalue weighted by atomic mass is 16.6. The topological polar surface area (TPSA) is 88.6 Å². The molecular weight excluding hydrogens is 298 g/mol. The number of hydrogen-bond donors (Lipinski definition) is 2. The quantitative estimate of drug-likeness (QED) is 0.736. The van der Waals surface area contributed by atoms with E-state index in [1.165, 1.54) is 0 Å². The van der Waals surface area contributed by atoms with Gasteiger partial charge in [0.1, 0.15) is 5.82 Å². The van der Waals surface area contributed by atoms with Gasteiger partial charge in [-0.25, -0.2) is 9.78 Å². The summed E-state index contributed by atoms with van der Waals surface area (Å²) in [4.78, 5) is 22.0. The van der Waals surface area contributed by atoms with Crippen molar-refractivity contribution in [3.8, 4) is 0 Å². The summed E-state index contributed by atoms with van der Waals surface area (Å²) >= 11 is 0. The Morgan fingerprint density at radius 1 is 1.43 bits per heavy atom. The van der Waals surface area contributed by atoms with E-state index >= 15 is 0 Å². The number of amides is 1. The van der Waals surface area contributed by atoms with Crippen LogP contribution in [0.25, 0.3) is 0 Å². The van der Waals surface area contributed by atoms with E-state index in [1.807, 2.05) is 13.0 Å². The first-order valence-corrected chi connectivity index (χ1v) is 7.97. The van der Waals surface area contributed by atoms with Gasteiger partial charge in [0.15, 0.2) is 0 Å². The second kappa shape index (κ2) is 9.14. The smallest absolute Gasteiger partial charge is 0.409 e.